The largest absolute Gasteiger partial charge is 0.487 e. The number of nitrogens with one attached hydrogen (secondary N) is 2. The predicted molar refractivity (Wildman–Crippen MR) is 110 cm³/mol. The van der Waals surface area contributed by atoms with Crippen LogP contribution in [0.5, 0.6) is 5.75 Å². The van der Waals surface area contributed by atoms with E-state index in [2.05, 4.69) is 40.7 Å². The number of amides is 2. The number of aryl methyl sites for hydroxylation is 1. The van der Waals surface area contributed by atoms with Gasteiger partial charge in [-0.15, -0.1) is 0 Å². The monoisotopic (exact) mass is 375 g/mol. The minimum absolute atomic E-state index is 0.164. The van der Waals surface area contributed by atoms with Crippen molar-refractivity contribution in [3.63, 3.8) is 0 Å². The molecular formula is C23H25N3O2. The molecule has 0 aliphatic rings. The molecule has 144 valence electrons. The molecule has 0 saturated carbocycles. The smallest absolute Gasteiger partial charge is 0.315 e. The van der Waals surface area contributed by atoms with Gasteiger partial charge in [0, 0.05) is 19.3 Å². The van der Waals surface area contributed by atoms with Crippen LogP contribution in [0.2, 0.25) is 0 Å². The highest BCUT2D eigenvalue weighted by Crippen LogP contribution is 2.13. The Labute approximate surface area is 165 Å². The van der Waals surface area contributed by atoms with Gasteiger partial charge in [0.15, 0.2) is 0 Å². The van der Waals surface area contributed by atoms with Gasteiger partial charge in [-0.3, -0.25) is 4.98 Å². The molecule has 5 nitrogen and oxygen atoms in total. The van der Waals surface area contributed by atoms with Crippen molar-refractivity contribution in [2.45, 2.75) is 26.5 Å². The minimum Gasteiger partial charge on any atom is -0.487 e. The van der Waals surface area contributed by atoms with E-state index in [9.17, 15) is 4.79 Å². The highest BCUT2D eigenvalue weighted by atomic mass is 16.5. The normalized spacial score (nSPS) is 10.3. The molecular weight excluding hydrogens is 350 g/mol. The zero-order valence-corrected chi connectivity index (χ0v) is 16.0. The maximum absolute atomic E-state index is 11.9. The molecule has 1 heterocycles. The molecule has 28 heavy (non-hydrogen) atoms. The molecule has 2 N–H and O–H groups in total. The summed E-state index contributed by atoms with van der Waals surface area (Å²) in [4.78, 5) is 16.2. The maximum Gasteiger partial charge on any atom is 0.315 e. The number of hydrogen-bond donors (Lipinski definition) is 2. The molecule has 2 amide bonds. The Kier molecular flexibility index (Phi) is 7.01. The first kappa shape index (κ1) is 19.4. The fraction of sp³-hybridized carbons (Fsp3) is 0.217. The number of rotatable bonds is 8. The van der Waals surface area contributed by atoms with Gasteiger partial charge >= 0.3 is 6.03 Å². The molecule has 1 aromatic heterocycles. The minimum atomic E-state index is -0.164. The summed E-state index contributed by atoms with van der Waals surface area (Å²) in [5.41, 5.74) is 4.35. The van der Waals surface area contributed by atoms with E-state index in [1.807, 2.05) is 48.5 Å². The predicted octanol–water partition coefficient (Wildman–Crippen LogP) is 4.01. The van der Waals surface area contributed by atoms with Crippen molar-refractivity contribution < 1.29 is 9.53 Å². The van der Waals surface area contributed by atoms with E-state index >= 15 is 0 Å². The fourth-order valence-electron chi connectivity index (χ4n) is 2.78. The molecule has 0 fully saturated rings. The summed E-state index contributed by atoms with van der Waals surface area (Å²) < 4.78 is 5.71. The summed E-state index contributed by atoms with van der Waals surface area (Å²) in [7, 11) is 0. The maximum atomic E-state index is 11.9. The van der Waals surface area contributed by atoms with Gasteiger partial charge < -0.3 is 15.4 Å². The number of aromatic nitrogens is 1. The van der Waals surface area contributed by atoms with Gasteiger partial charge in [0.05, 0.1) is 5.69 Å². The van der Waals surface area contributed by atoms with Gasteiger partial charge in [0.1, 0.15) is 12.4 Å². The fourth-order valence-corrected chi connectivity index (χ4v) is 2.78. The lowest BCUT2D eigenvalue weighted by molar-refractivity contribution is 0.240. The van der Waals surface area contributed by atoms with Gasteiger partial charge in [0.25, 0.3) is 0 Å². The molecule has 0 saturated heterocycles. The number of pyridine rings is 1. The highest BCUT2D eigenvalue weighted by molar-refractivity contribution is 5.73. The van der Waals surface area contributed by atoms with Crippen molar-refractivity contribution in [3.8, 4) is 5.75 Å². The van der Waals surface area contributed by atoms with Gasteiger partial charge in [-0.1, -0.05) is 48.0 Å². The number of ether oxygens (including phenoxy) is 1. The quantitative estimate of drug-likeness (QED) is 0.625. The Bertz CT molecular complexity index is 880. The zero-order valence-electron chi connectivity index (χ0n) is 16.0. The third-order valence-electron chi connectivity index (χ3n) is 4.27. The second kappa shape index (κ2) is 10.1. The summed E-state index contributed by atoms with van der Waals surface area (Å²) in [5, 5.41) is 5.76. The van der Waals surface area contributed by atoms with Crippen molar-refractivity contribution in [1.82, 2.24) is 15.6 Å². The second-order valence-electron chi connectivity index (χ2n) is 6.60. The number of benzene rings is 2. The molecule has 0 bridgehead atoms. The molecule has 3 rings (SSSR count). The van der Waals surface area contributed by atoms with Crippen LogP contribution in [0.25, 0.3) is 0 Å². The van der Waals surface area contributed by atoms with Crippen molar-refractivity contribution in [3.05, 3.63) is 95.3 Å². The number of nitrogens with zero attached hydrogens (tertiary/aromatic N) is 1. The molecule has 3 aromatic rings. The standard InChI is InChI=1S/C23H25N3O2/c1-18-5-4-6-19(15-18)12-14-25-23(27)26-16-20-8-10-22(11-9-20)28-17-21-7-2-3-13-24-21/h2-11,13,15H,12,14,16-17H2,1H3,(H2,25,26,27). The third-order valence-corrected chi connectivity index (χ3v) is 4.27. The molecule has 2 aromatic carbocycles. The average molecular weight is 375 g/mol. The SMILES string of the molecule is Cc1cccc(CCNC(=O)NCc2ccc(OCc3ccccn3)cc2)c1. The lowest BCUT2D eigenvalue weighted by Gasteiger charge is -2.09. The van der Waals surface area contributed by atoms with Crippen LogP contribution in [0.15, 0.2) is 72.9 Å². The second-order valence-corrected chi connectivity index (χ2v) is 6.60. The van der Waals surface area contributed by atoms with E-state index in [1.54, 1.807) is 6.20 Å². The van der Waals surface area contributed by atoms with Crippen LogP contribution in [-0.4, -0.2) is 17.6 Å². The first-order chi connectivity index (χ1) is 13.7. The molecule has 0 unspecified atom stereocenters. The first-order valence-corrected chi connectivity index (χ1v) is 9.38. The molecule has 0 aliphatic heterocycles. The average Bonchev–Trinajstić information content (AvgIpc) is 2.72. The molecule has 0 atom stereocenters. The van der Waals surface area contributed by atoms with E-state index in [-0.39, 0.29) is 6.03 Å². The molecule has 0 aliphatic carbocycles. The van der Waals surface area contributed by atoms with Crippen LogP contribution in [0.4, 0.5) is 4.79 Å². The van der Waals surface area contributed by atoms with Gasteiger partial charge in [-0.2, -0.15) is 0 Å². The number of hydrogen-bond acceptors (Lipinski definition) is 3. The van der Waals surface area contributed by atoms with Gasteiger partial charge in [-0.25, -0.2) is 4.79 Å². The number of carbonyl (C=O) groups excluding carboxylic acids is 1. The van der Waals surface area contributed by atoms with Crippen LogP contribution in [0, 0.1) is 6.92 Å². The van der Waals surface area contributed by atoms with Crippen molar-refractivity contribution in [2.24, 2.45) is 0 Å². The lowest BCUT2D eigenvalue weighted by Crippen LogP contribution is -2.36. The van der Waals surface area contributed by atoms with E-state index in [4.69, 9.17) is 4.74 Å². The van der Waals surface area contributed by atoms with Crippen LogP contribution < -0.4 is 15.4 Å². The van der Waals surface area contributed by atoms with Crippen LogP contribution in [0.1, 0.15) is 22.4 Å². The molecule has 0 radical (unpaired) electrons. The summed E-state index contributed by atoms with van der Waals surface area (Å²) in [6, 6.07) is 21.6. The number of carbonyl (C=O) groups is 1. The van der Waals surface area contributed by atoms with E-state index in [0.29, 0.717) is 19.7 Å². The molecule has 5 heteroatoms. The van der Waals surface area contributed by atoms with Crippen LogP contribution in [0.3, 0.4) is 0 Å². The first-order valence-electron chi connectivity index (χ1n) is 9.38. The van der Waals surface area contributed by atoms with Gasteiger partial charge in [0.2, 0.25) is 0 Å². The molecule has 0 spiro atoms. The summed E-state index contributed by atoms with van der Waals surface area (Å²) in [5.74, 6) is 0.775. The third kappa shape index (κ3) is 6.43. The summed E-state index contributed by atoms with van der Waals surface area (Å²) in [6.07, 6.45) is 2.57. The Morgan fingerprint density at radius 3 is 2.57 bits per heavy atom. The Balaban J connectivity index is 1.36. The van der Waals surface area contributed by atoms with Crippen molar-refractivity contribution in [2.75, 3.05) is 6.54 Å². The van der Waals surface area contributed by atoms with E-state index in [0.717, 1.165) is 23.4 Å². The zero-order chi connectivity index (χ0) is 19.6. The van der Waals surface area contributed by atoms with Crippen molar-refractivity contribution >= 4 is 6.03 Å². The van der Waals surface area contributed by atoms with Crippen LogP contribution in [-0.2, 0) is 19.6 Å². The van der Waals surface area contributed by atoms with Gasteiger partial charge in [-0.05, 0) is 48.7 Å². The topological polar surface area (TPSA) is 63.2 Å². The number of urea groups is 1. The summed E-state index contributed by atoms with van der Waals surface area (Å²) >= 11 is 0. The van der Waals surface area contributed by atoms with Crippen LogP contribution >= 0.6 is 0 Å². The van der Waals surface area contributed by atoms with E-state index in [1.165, 1.54) is 11.1 Å². The Morgan fingerprint density at radius 1 is 0.964 bits per heavy atom. The Morgan fingerprint density at radius 2 is 1.82 bits per heavy atom. The Hall–Kier alpha value is -3.34. The van der Waals surface area contributed by atoms with Crippen molar-refractivity contribution in [1.29, 1.82) is 0 Å². The highest BCUT2D eigenvalue weighted by Gasteiger charge is 2.02. The lowest BCUT2D eigenvalue weighted by atomic mass is 10.1. The summed E-state index contributed by atoms with van der Waals surface area (Å²) in [6.45, 7) is 3.58. The van der Waals surface area contributed by atoms with E-state index < -0.39 is 0 Å².